The number of hydrogen-bond donors (Lipinski definition) is 2. The van der Waals surface area contributed by atoms with Gasteiger partial charge < -0.3 is 14.9 Å². The molecule has 1 aromatic rings. The summed E-state index contributed by atoms with van der Waals surface area (Å²) in [4.78, 5) is 4.05. The van der Waals surface area contributed by atoms with Crippen molar-refractivity contribution in [2.45, 2.75) is 38.7 Å². The van der Waals surface area contributed by atoms with Gasteiger partial charge in [0.25, 0.3) is 0 Å². The van der Waals surface area contributed by atoms with Crippen LogP contribution in [0.5, 0.6) is 0 Å². The van der Waals surface area contributed by atoms with E-state index in [0.29, 0.717) is 24.3 Å². The molecule has 1 aliphatic carbocycles. The van der Waals surface area contributed by atoms with Crippen LogP contribution in [0.25, 0.3) is 0 Å². The second-order valence-corrected chi connectivity index (χ2v) is 4.14. The van der Waals surface area contributed by atoms with E-state index < -0.39 is 0 Å². The largest absolute Gasteiger partial charge is 0.393 e. The molecule has 1 heterocycles. The third kappa shape index (κ3) is 2.68. The number of anilines is 1. The molecular weight excluding hydrogens is 194 g/mol. The Hall–Kier alpha value is -1.10. The van der Waals surface area contributed by atoms with E-state index >= 15 is 0 Å². The molecule has 0 aromatic carbocycles. The first-order chi connectivity index (χ1) is 7.25. The molecular formula is C10H17N3O2. The Morgan fingerprint density at radius 2 is 2.27 bits per heavy atom. The van der Waals surface area contributed by atoms with Crippen LogP contribution in [0.3, 0.4) is 0 Å². The van der Waals surface area contributed by atoms with Crippen LogP contribution in [0.2, 0.25) is 0 Å². The van der Waals surface area contributed by atoms with E-state index in [0.717, 1.165) is 19.3 Å². The van der Waals surface area contributed by atoms with Gasteiger partial charge in [0.05, 0.1) is 6.10 Å². The molecule has 2 unspecified atom stereocenters. The van der Waals surface area contributed by atoms with Crippen molar-refractivity contribution in [2.75, 3.05) is 11.9 Å². The maximum absolute atomic E-state index is 9.75. The van der Waals surface area contributed by atoms with Crippen molar-refractivity contribution >= 4 is 6.01 Å². The molecule has 15 heavy (non-hydrogen) atoms. The number of aliphatic hydroxyl groups is 1. The van der Waals surface area contributed by atoms with Gasteiger partial charge in [-0.3, -0.25) is 0 Å². The molecule has 5 heteroatoms. The van der Waals surface area contributed by atoms with Crippen LogP contribution in [0.1, 0.15) is 31.5 Å². The van der Waals surface area contributed by atoms with E-state index in [-0.39, 0.29) is 6.10 Å². The minimum atomic E-state index is -0.185. The second-order valence-electron chi connectivity index (χ2n) is 4.14. The van der Waals surface area contributed by atoms with E-state index in [9.17, 15) is 5.11 Å². The van der Waals surface area contributed by atoms with Gasteiger partial charge >= 0.3 is 6.01 Å². The molecule has 0 spiro atoms. The molecule has 0 amide bonds. The lowest BCUT2D eigenvalue weighted by Gasteiger charge is -2.27. The molecule has 5 nitrogen and oxygen atoms in total. The van der Waals surface area contributed by atoms with Gasteiger partial charge in [-0.1, -0.05) is 18.0 Å². The van der Waals surface area contributed by atoms with E-state index in [1.807, 2.05) is 0 Å². The van der Waals surface area contributed by atoms with Crippen molar-refractivity contribution in [2.24, 2.45) is 5.92 Å². The fourth-order valence-electron chi connectivity index (χ4n) is 2.01. The van der Waals surface area contributed by atoms with Crippen LogP contribution in [0.15, 0.2) is 4.52 Å². The van der Waals surface area contributed by atoms with Crippen LogP contribution in [-0.4, -0.2) is 27.9 Å². The molecule has 0 radical (unpaired) electrons. The maximum atomic E-state index is 9.75. The number of aromatic nitrogens is 2. The van der Waals surface area contributed by atoms with Crippen molar-refractivity contribution in [3.05, 3.63) is 5.82 Å². The SMILES string of the molecule is Cc1noc(NCC2CCCCC2O)n1. The van der Waals surface area contributed by atoms with Gasteiger partial charge in [0, 0.05) is 12.5 Å². The highest BCUT2D eigenvalue weighted by molar-refractivity contribution is 5.17. The summed E-state index contributed by atoms with van der Waals surface area (Å²) in [6.45, 7) is 2.49. The van der Waals surface area contributed by atoms with Gasteiger partial charge in [0.2, 0.25) is 0 Å². The molecule has 2 N–H and O–H groups in total. The Balaban J connectivity index is 1.81. The highest BCUT2D eigenvalue weighted by atomic mass is 16.5. The van der Waals surface area contributed by atoms with Gasteiger partial charge in [-0.05, 0) is 19.8 Å². The summed E-state index contributed by atoms with van der Waals surface area (Å²) in [6.07, 6.45) is 4.13. The highest BCUT2D eigenvalue weighted by Gasteiger charge is 2.23. The first-order valence-corrected chi connectivity index (χ1v) is 5.48. The van der Waals surface area contributed by atoms with Gasteiger partial charge in [0.15, 0.2) is 5.82 Å². The summed E-state index contributed by atoms with van der Waals surface area (Å²) in [5.74, 6) is 0.938. The number of hydrogen-bond acceptors (Lipinski definition) is 5. The fraction of sp³-hybridized carbons (Fsp3) is 0.800. The summed E-state index contributed by atoms with van der Waals surface area (Å²) < 4.78 is 4.94. The average molecular weight is 211 g/mol. The predicted octanol–water partition coefficient (Wildman–Crippen LogP) is 1.34. The fourth-order valence-corrected chi connectivity index (χ4v) is 2.01. The molecule has 1 aliphatic rings. The lowest BCUT2D eigenvalue weighted by molar-refractivity contribution is 0.0760. The zero-order valence-corrected chi connectivity index (χ0v) is 8.94. The smallest absolute Gasteiger partial charge is 0.321 e. The number of aryl methyl sites for hydroxylation is 1. The van der Waals surface area contributed by atoms with Gasteiger partial charge in [0.1, 0.15) is 0 Å². The minimum absolute atomic E-state index is 0.185. The van der Waals surface area contributed by atoms with Crippen molar-refractivity contribution < 1.29 is 9.63 Å². The van der Waals surface area contributed by atoms with Crippen molar-refractivity contribution in [1.29, 1.82) is 0 Å². The Kier molecular flexibility index (Phi) is 3.20. The Bertz CT molecular complexity index is 313. The van der Waals surface area contributed by atoms with E-state index in [4.69, 9.17) is 4.52 Å². The Morgan fingerprint density at radius 3 is 2.93 bits per heavy atom. The maximum Gasteiger partial charge on any atom is 0.321 e. The summed E-state index contributed by atoms with van der Waals surface area (Å²) in [6, 6.07) is 0.449. The number of aliphatic hydroxyl groups excluding tert-OH is 1. The Labute approximate surface area is 88.9 Å². The van der Waals surface area contributed by atoms with Crippen molar-refractivity contribution in [3.8, 4) is 0 Å². The topological polar surface area (TPSA) is 71.2 Å². The van der Waals surface area contributed by atoms with Crippen molar-refractivity contribution in [3.63, 3.8) is 0 Å². The van der Waals surface area contributed by atoms with Crippen LogP contribution < -0.4 is 5.32 Å². The predicted molar refractivity (Wildman–Crippen MR) is 55.5 cm³/mol. The molecule has 1 fully saturated rings. The van der Waals surface area contributed by atoms with Crippen molar-refractivity contribution in [1.82, 2.24) is 10.1 Å². The zero-order valence-electron chi connectivity index (χ0n) is 8.94. The quantitative estimate of drug-likeness (QED) is 0.789. The molecule has 1 saturated carbocycles. The van der Waals surface area contributed by atoms with E-state index in [1.54, 1.807) is 6.92 Å². The molecule has 84 valence electrons. The summed E-state index contributed by atoms with van der Waals surface area (Å²) in [5, 5.41) is 16.5. The van der Waals surface area contributed by atoms with Gasteiger partial charge in [-0.15, -0.1) is 0 Å². The first-order valence-electron chi connectivity index (χ1n) is 5.48. The van der Waals surface area contributed by atoms with Crippen LogP contribution in [0.4, 0.5) is 6.01 Å². The third-order valence-electron chi connectivity index (χ3n) is 2.91. The number of nitrogens with one attached hydrogen (secondary N) is 1. The normalized spacial score (nSPS) is 26.5. The minimum Gasteiger partial charge on any atom is -0.393 e. The molecule has 2 rings (SSSR count). The molecule has 0 bridgehead atoms. The average Bonchev–Trinajstić information content (AvgIpc) is 2.63. The Morgan fingerprint density at radius 1 is 1.47 bits per heavy atom. The highest BCUT2D eigenvalue weighted by Crippen LogP contribution is 2.24. The molecule has 1 aromatic heterocycles. The molecule has 2 atom stereocenters. The summed E-state index contributed by atoms with van der Waals surface area (Å²) in [7, 11) is 0. The summed E-state index contributed by atoms with van der Waals surface area (Å²) in [5.41, 5.74) is 0. The molecule has 0 aliphatic heterocycles. The third-order valence-corrected chi connectivity index (χ3v) is 2.91. The van der Waals surface area contributed by atoms with Gasteiger partial charge in [-0.25, -0.2) is 0 Å². The number of rotatable bonds is 3. The number of nitrogens with zero attached hydrogens (tertiary/aromatic N) is 2. The first kappa shape index (κ1) is 10.4. The van der Waals surface area contributed by atoms with E-state index in [2.05, 4.69) is 15.5 Å². The van der Waals surface area contributed by atoms with Crippen LogP contribution in [0, 0.1) is 12.8 Å². The van der Waals surface area contributed by atoms with Crippen LogP contribution in [-0.2, 0) is 0 Å². The summed E-state index contributed by atoms with van der Waals surface area (Å²) >= 11 is 0. The zero-order chi connectivity index (χ0) is 10.7. The second kappa shape index (κ2) is 4.61. The van der Waals surface area contributed by atoms with Crippen LogP contribution >= 0.6 is 0 Å². The van der Waals surface area contributed by atoms with E-state index in [1.165, 1.54) is 6.42 Å². The lowest BCUT2D eigenvalue weighted by Crippen LogP contribution is -2.30. The lowest BCUT2D eigenvalue weighted by atomic mass is 9.86. The standard InChI is InChI=1S/C10H17N3O2/c1-7-12-10(15-13-7)11-6-8-4-2-3-5-9(8)14/h8-9,14H,2-6H2,1H3,(H,11,12,13). The van der Waals surface area contributed by atoms with Gasteiger partial charge in [-0.2, -0.15) is 4.98 Å². The molecule has 0 saturated heterocycles. The monoisotopic (exact) mass is 211 g/mol.